The molecular weight excluding hydrogens is 476 g/mol. The molecule has 1 aliphatic carbocycles. The highest BCUT2D eigenvalue weighted by atomic mass is 16.3. The zero-order chi connectivity index (χ0) is 26.1. The average molecular weight is 517 g/mol. The van der Waals surface area contributed by atoms with Gasteiger partial charge in [0.05, 0.1) is 17.3 Å². The molecule has 3 aromatic rings. The van der Waals surface area contributed by atoms with E-state index < -0.39 is 0 Å². The highest BCUT2D eigenvalue weighted by Crippen LogP contribution is 2.31. The Labute approximate surface area is 225 Å². The second-order valence-electron chi connectivity index (χ2n) is 11.1. The van der Waals surface area contributed by atoms with Crippen LogP contribution in [0.25, 0.3) is 16.6 Å². The van der Waals surface area contributed by atoms with Crippen LogP contribution < -0.4 is 9.80 Å². The molecule has 8 nitrogen and oxygen atoms in total. The van der Waals surface area contributed by atoms with Crippen LogP contribution >= 0.6 is 0 Å². The first kappa shape index (κ1) is 25.2. The Morgan fingerprint density at radius 1 is 0.868 bits per heavy atom. The van der Waals surface area contributed by atoms with Gasteiger partial charge < -0.3 is 24.7 Å². The maximum absolute atomic E-state index is 13.0. The molecule has 2 saturated heterocycles. The number of anilines is 2. The molecule has 0 unspecified atom stereocenters. The van der Waals surface area contributed by atoms with Crippen molar-refractivity contribution < 1.29 is 9.90 Å². The fourth-order valence-corrected chi connectivity index (χ4v) is 6.36. The summed E-state index contributed by atoms with van der Waals surface area (Å²) in [5.41, 5.74) is 5.93. The van der Waals surface area contributed by atoms with E-state index in [1.807, 2.05) is 15.6 Å². The number of aliphatic hydroxyl groups is 1. The predicted molar refractivity (Wildman–Crippen MR) is 152 cm³/mol. The molecule has 3 aliphatic rings. The van der Waals surface area contributed by atoms with Crippen molar-refractivity contribution in [2.45, 2.75) is 38.7 Å². The van der Waals surface area contributed by atoms with Crippen LogP contribution in [0.15, 0.2) is 48.8 Å². The zero-order valence-corrected chi connectivity index (χ0v) is 22.5. The number of hydrogen-bond acceptors (Lipinski definition) is 6. The summed E-state index contributed by atoms with van der Waals surface area (Å²) < 4.78 is 1.98. The molecule has 1 amide bonds. The van der Waals surface area contributed by atoms with Gasteiger partial charge in [-0.1, -0.05) is 19.1 Å². The first-order valence-corrected chi connectivity index (χ1v) is 14.4. The van der Waals surface area contributed by atoms with E-state index in [1.165, 1.54) is 22.5 Å². The Bertz CT molecular complexity index is 1230. The first-order chi connectivity index (χ1) is 18.6. The summed E-state index contributed by atoms with van der Waals surface area (Å²) in [5, 5.41) is 14.4. The molecule has 3 fully saturated rings. The fourth-order valence-electron chi connectivity index (χ4n) is 6.36. The van der Waals surface area contributed by atoms with Gasteiger partial charge in [-0.3, -0.25) is 4.79 Å². The van der Waals surface area contributed by atoms with Crippen LogP contribution in [-0.2, 0) is 4.79 Å². The smallest absolute Gasteiger partial charge is 0.225 e. The van der Waals surface area contributed by atoms with Crippen molar-refractivity contribution in [2.75, 3.05) is 68.7 Å². The molecule has 0 radical (unpaired) electrons. The van der Waals surface area contributed by atoms with E-state index in [-0.39, 0.29) is 17.9 Å². The quantitative estimate of drug-likeness (QED) is 0.561. The number of rotatable bonds is 5. The fraction of sp³-hybridized carbons (Fsp3) is 0.533. The molecule has 202 valence electrons. The number of benzene rings is 1. The summed E-state index contributed by atoms with van der Waals surface area (Å²) in [6.07, 6.45) is 6.89. The van der Waals surface area contributed by atoms with Crippen molar-refractivity contribution in [2.24, 2.45) is 5.92 Å². The number of aromatic nitrogens is 2. The van der Waals surface area contributed by atoms with Crippen molar-refractivity contribution in [1.29, 1.82) is 0 Å². The topological polar surface area (TPSA) is 67.6 Å². The van der Waals surface area contributed by atoms with Gasteiger partial charge in [0.1, 0.15) is 0 Å². The molecule has 0 spiro atoms. The Kier molecular flexibility index (Phi) is 7.26. The Balaban J connectivity index is 1.12. The Morgan fingerprint density at radius 3 is 2.24 bits per heavy atom. The number of nitrogens with zero attached hydrogens (tertiary/aromatic N) is 6. The predicted octanol–water partition coefficient (Wildman–Crippen LogP) is 3.34. The minimum atomic E-state index is -0.225. The van der Waals surface area contributed by atoms with E-state index in [9.17, 15) is 9.90 Å². The van der Waals surface area contributed by atoms with Crippen molar-refractivity contribution in [3.63, 3.8) is 0 Å². The number of carbonyl (C=O) groups is 1. The number of carbonyl (C=O) groups excluding carboxylic acids is 1. The van der Waals surface area contributed by atoms with E-state index in [2.05, 4.69) is 69.3 Å². The molecule has 4 heterocycles. The molecular formula is C30H40N6O2. The minimum Gasteiger partial charge on any atom is -0.393 e. The molecule has 1 saturated carbocycles. The molecule has 38 heavy (non-hydrogen) atoms. The number of likely N-dealkylation sites (N-methyl/N-ethyl adjacent to an activating group) is 1. The van der Waals surface area contributed by atoms with Crippen LogP contribution in [0.2, 0.25) is 0 Å². The van der Waals surface area contributed by atoms with E-state index >= 15 is 0 Å². The summed E-state index contributed by atoms with van der Waals surface area (Å²) in [4.78, 5) is 22.4. The second-order valence-corrected chi connectivity index (χ2v) is 11.1. The third kappa shape index (κ3) is 5.12. The van der Waals surface area contributed by atoms with Gasteiger partial charge in [-0.15, -0.1) is 0 Å². The van der Waals surface area contributed by atoms with Gasteiger partial charge in [0.25, 0.3) is 0 Å². The molecule has 1 aromatic carbocycles. The molecule has 6 rings (SSSR count). The molecule has 0 atom stereocenters. The van der Waals surface area contributed by atoms with E-state index in [0.717, 1.165) is 90.1 Å². The molecule has 8 heteroatoms. The third-order valence-corrected chi connectivity index (χ3v) is 8.85. The maximum atomic E-state index is 13.0. The zero-order valence-electron chi connectivity index (χ0n) is 22.5. The monoisotopic (exact) mass is 516 g/mol. The van der Waals surface area contributed by atoms with Gasteiger partial charge in [0.2, 0.25) is 5.91 Å². The van der Waals surface area contributed by atoms with Crippen molar-refractivity contribution in [1.82, 2.24) is 19.4 Å². The Hall–Kier alpha value is -3.10. The lowest BCUT2D eigenvalue weighted by molar-refractivity contribution is -0.137. The molecule has 0 bridgehead atoms. The van der Waals surface area contributed by atoms with Gasteiger partial charge in [0, 0.05) is 81.9 Å². The number of piperazine rings is 2. The standard InChI is InChI=1S/C30H40N6O2/c1-2-32-13-15-33(16-14-32)26-7-3-23(4-8-26)25-21-29-28(11-12-31-36(29)22-25)34-17-19-35(20-18-34)30(38)24-5-9-27(37)10-6-24/h3-4,7-8,11-12,21-22,24,27,37H,2,5-6,9-10,13-20H2,1H3. The van der Waals surface area contributed by atoms with Crippen LogP contribution in [0.1, 0.15) is 32.6 Å². The lowest BCUT2D eigenvalue weighted by atomic mass is 9.86. The van der Waals surface area contributed by atoms with Crippen LogP contribution in [0.5, 0.6) is 0 Å². The van der Waals surface area contributed by atoms with Crippen molar-refractivity contribution >= 4 is 22.8 Å². The summed E-state index contributed by atoms with van der Waals surface area (Å²) in [6, 6.07) is 13.3. The maximum Gasteiger partial charge on any atom is 0.225 e. The van der Waals surface area contributed by atoms with Gasteiger partial charge in [0.15, 0.2) is 0 Å². The van der Waals surface area contributed by atoms with E-state index in [0.29, 0.717) is 0 Å². The Morgan fingerprint density at radius 2 is 1.55 bits per heavy atom. The number of hydrogen-bond donors (Lipinski definition) is 1. The number of amides is 1. The summed E-state index contributed by atoms with van der Waals surface area (Å²) >= 11 is 0. The van der Waals surface area contributed by atoms with Gasteiger partial charge in [-0.25, -0.2) is 4.52 Å². The lowest BCUT2D eigenvalue weighted by Crippen LogP contribution is -2.51. The van der Waals surface area contributed by atoms with Gasteiger partial charge in [-0.05, 0) is 62.1 Å². The van der Waals surface area contributed by atoms with Crippen molar-refractivity contribution in [3.05, 3.63) is 48.8 Å². The first-order valence-electron chi connectivity index (χ1n) is 14.4. The van der Waals surface area contributed by atoms with Gasteiger partial charge in [-0.2, -0.15) is 5.10 Å². The third-order valence-electron chi connectivity index (χ3n) is 8.85. The van der Waals surface area contributed by atoms with Crippen LogP contribution in [-0.4, -0.2) is 95.4 Å². The molecule has 2 aromatic heterocycles. The van der Waals surface area contributed by atoms with E-state index in [4.69, 9.17) is 0 Å². The summed E-state index contributed by atoms with van der Waals surface area (Å²) in [5.74, 6) is 0.357. The van der Waals surface area contributed by atoms with Crippen LogP contribution in [0.4, 0.5) is 11.4 Å². The summed E-state index contributed by atoms with van der Waals surface area (Å²) in [6.45, 7) is 10.9. The highest BCUT2D eigenvalue weighted by molar-refractivity contribution is 5.81. The second kappa shape index (κ2) is 10.9. The largest absolute Gasteiger partial charge is 0.393 e. The average Bonchev–Trinajstić information content (AvgIpc) is 3.42. The van der Waals surface area contributed by atoms with Gasteiger partial charge >= 0.3 is 0 Å². The molecule has 1 N–H and O–H groups in total. The van der Waals surface area contributed by atoms with E-state index in [1.54, 1.807) is 0 Å². The lowest BCUT2D eigenvalue weighted by Gasteiger charge is -2.38. The highest BCUT2D eigenvalue weighted by Gasteiger charge is 2.31. The number of aliphatic hydroxyl groups excluding tert-OH is 1. The normalized spacial score (nSPS) is 23.3. The number of fused-ring (bicyclic) bond motifs is 1. The van der Waals surface area contributed by atoms with Crippen LogP contribution in [0, 0.1) is 5.92 Å². The molecule has 2 aliphatic heterocycles. The minimum absolute atomic E-state index is 0.0816. The summed E-state index contributed by atoms with van der Waals surface area (Å²) in [7, 11) is 0. The van der Waals surface area contributed by atoms with Crippen molar-refractivity contribution in [3.8, 4) is 11.1 Å². The SMILES string of the molecule is CCN1CCN(c2ccc(-c3cc4c(N5CCN(C(=O)C6CCC(O)CC6)CC5)ccnn4c3)cc2)CC1. The van der Waals surface area contributed by atoms with Crippen LogP contribution in [0.3, 0.4) is 0 Å².